The lowest BCUT2D eigenvalue weighted by Crippen LogP contribution is -2.41. The molecule has 0 spiro atoms. The fourth-order valence-corrected chi connectivity index (χ4v) is 4.66. The molecule has 33 heavy (non-hydrogen) atoms. The standard InChI is InChI=1S/C23H19Cl2N3O5/c1-32-17-9-12(21(26)29)10-18(33-2)20(17)23(19-13(24)4-3-5-14(19)25)27-15-7-6-11(22(30)31)8-16(15)28-23/h3-10,27-28H,1-2H3,(H2,26,29)(H,30,31). The van der Waals surface area contributed by atoms with Crippen molar-refractivity contribution in [2.24, 2.45) is 5.73 Å². The van der Waals surface area contributed by atoms with E-state index < -0.39 is 17.5 Å². The van der Waals surface area contributed by atoms with E-state index in [1.165, 1.54) is 38.5 Å². The summed E-state index contributed by atoms with van der Waals surface area (Å²) in [4.78, 5) is 23.4. The van der Waals surface area contributed by atoms with Crippen LogP contribution in [0.4, 0.5) is 11.4 Å². The number of fused-ring (bicyclic) bond motifs is 1. The number of anilines is 2. The zero-order chi connectivity index (χ0) is 23.9. The second-order valence-corrected chi connectivity index (χ2v) is 8.10. The van der Waals surface area contributed by atoms with Gasteiger partial charge in [-0.1, -0.05) is 29.3 Å². The van der Waals surface area contributed by atoms with Gasteiger partial charge in [-0.25, -0.2) is 4.79 Å². The Morgan fingerprint density at radius 3 is 1.97 bits per heavy atom. The van der Waals surface area contributed by atoms with Gasteiger partial charge in [-0.2, -0.15) is 0 Å². The zero-order valence-electron chi connectivity index (χ0n) is 17.5. The molecule has 1 atom stereocenters. The number of methoxy groups -OCH3 is 2. The van der Waals surface area contributed by atoms with Crippen molar-refractivity contribution >= 4 is 46.5 Å². The van der Waals surface area contributed by atoms with E-state index in [0.29, 0.717) is 32.5 Å². The quantitative estimate of drug-likeness (QED) is 0.402. The Balaban J connectivity index is 2.07. The molecule has 0 aliphatic carbocycles. The number of hydrogen-bond donors (Lipinski definition) is 4. The van der Waals surface area contributed by atoms with Crippen LogP contribution in [0.25, 0.3) is 0 Å². The highest BCUT2D eigenvalue weighted by Gasteiger charge is 2.47. The number of carbonyl (C=O) groups is 2. The van der Waals surface area contributed by atoms with Gasteiger partial charge in [0.15, 0.2) is 5.66 Å². The van der Waals surface area contributed by atoms with E-state index in [0.717, 1.165) is 0 Å². The summed E-state index contributed by atoms with van der Waals surface area (Å²) < 4.78 is 11.3. The summed E-state index contributed by atoms with van der Waals surface area (Å²) in [6.45, 7) is 0. The minimum Gasteiger partial charge on any atom is -0.496 e. The van der Waals surface area contributed by atoms with Crippen LogP contribution in [0, 0.1) is 0 Å². The molecule has 10 heteroatoms. The normalized spacial score (nSPS) is 16.4. The van der Waals surface area contributed by atoms with E-state index in [1.807, 2.05) is 0 Å². The predicted molar refractivity (Wildman–Crippen MR) is 126 cm³/mol. The molecule has 0 aromatic heterocycles. The highest BCUT2D eigenvalue weighted by molar-refractivity contribution is 6.36. The predicted octanol–water partition coefficient (Wildman–Crippen LogP) is 4.55. The van der Waals surface area contributed by atoms with E-state index in [-0.39, 0.29) is 22.6 Å². The van der Waals surface area contributed by atoms with Crippen LogP contribution in [-0.2, 0) is 5.66 Å². The van der Waals surface area contributed by atoms with Gasteiger partial charge < -0.3 is 30.9 Å². The van der Waals surface area contributed by atoms with Crippen molar-refractivity contribution in [2.75, 3.05) is 24.9 Å². The molecule has 0 bridgehead atoms. The third kappa shape index (κ3) is 3.67. The van der Waals surface area contributed by atoms with E-state index in [9.17, 15) is 14.7 Å². The molecule has 3 aromatic carbocycles. The number of amides is 1. The molecule has 4 rings (SSSR count). The second kappa shape index (κ2) is 8.38. The summed E-state index contributed by atoms with van der Waals surface area (Å²) in [6, 6.07) is 12.6. The molecule has 1 aliphatic heterocycles. The Hall–Kier alpha value is -3.62. The second-order valence-electron chi connectivity index (χ2n) is 7.28. The van der Waals surface area contributed by atoms with Gasteiger partial charge in [-0.15, -0.1) is 0 Å². The molecular weight excluding hydrogens is 469 g/mol. The summed E-state index contributed by atoms with van der Waals surface area (Å²) >= 11 is 13.3. The maximum atomic E-state index is 11.9. The lowest BCUT2D eigenvalue weighted by Gasteiger charge is -2.35. The van der Waals surface area contributed by atoms with Crippen molar-refractivity contribution in [3.8, 4) is 11.5 Å². The van der Waals surface area contributed by atoms with E-state index in [1.54, 1.807) is 24.3 Å². The highest BCUT2D eigenvalue weighted by atomic mass is 35.5. The molecule has 0 fully saturated rings. The number of halogens is 2. The third-order valence-electron chi connectivity index (χ3n) is 5.41. The molecule has 5 N–H and O–H groups in total. The van der Waals surface area contributed by atoms with Crippen molar-refractivity contribution in [3.05, 3.63) is 80.8 Å². The summed E-state index contributed by atoms with van der Waals surface area (Å²) in [5, 5.41) is 16.8. The number of ether oxygens (including phenoxy) is 2. The van der Waals surface area contributed by atoms with Crippen LogP contribution in [0.3, 0.4) is 0 Å². The Morgan fingerprint density at radius 2 is 1.45 bits per heavy atom. The van der Waals surface area contributed by atoms with Crippen molar-refractivity contribution in [1.29, 1.82) is 0 Å². The van der Waals surface area contributed by atoms with Crippen LogP contribution in [-0.4, -0.2) is 31.2 Å². The minimum atomic E-state index is -1.35. The van der Waals surface area contributed by atoms with Crippen molar-refractivity contribution in [2.45, 2.75) is 5.66 Å². The number of hydrogen-bond acceptors (Lipinski definition) is 6. The SMILES string of the molecule is COc1cc(C(N)=O)cc(OC)c1C1(c2c(Cl)cccc2Cl)Nc2ccc(C(=O)O)cc2N1. The Bertz CT molecular complexity index is 1250. The molecule has 0 radical (unpaired) electrons. The fraction of sp³-hybridized carbons (Fsp3) is 0.130. The first-order valence-electron chi connectivity index (χ1n) is 9.66. The first kappa shape index (κ1) is 22.6. The molecule has 1 aliphatic rings. The van der Waals surface area contributed by atoms with Gasteiger partial charge in [0.2, 0.25) is 5.91 Å². The first-order valence-corrected chi connectivity index (χ1v) is 10.4. The Kier molecular flexibility index (Phi) is 5.73. The summed E-state index contributed by atoms with van der Waals surface area (Å²) in [7, 11) is 2.88. The summed E-state index contributed by atoms with van der Waals surface area (Å²) in [5.41, 5.74) is 6.38. The van der Waals surface area contributed by atoms with Gasteiger partial charge in [0.1, 0.15) is 11.5 Å². The summed E-state index contributed by atoms with van der Waals surface area (Å²) in [5.74, 6) is -1.20. The highest BCUT2D eigenvalue weighted by Crippen LogP contribution is 2.53. The third-order valence-corrected chi connectivity index (χ3v) is 6.04. The van der Waals surface area contributed by atoms with E-state index >= 15 is 0 Å². The van der Waals surface area contributed by atoms with Gasteiger partial charge in [0.25, 0.3) is 0 Å². The van der Waals surface area contributed by atoms with Crippen molar-refractivity contribution < 1.29 is 24.2 Å². The average Bonchev–Trinajstić information content (AvgIpc) is 3.16. The number of rotatable bonds is 6. The molecule has 8 nitrogen and oxygen atoms in total. The number of nitrogens with two attached hydrogens (primary N) is 1. The van der Waals surface area contributed by atoms with Gasteiger partial charge >= 0.3 is 5.97 Å². The number of primary amides is 1. The minimum absolute atomic E-state index is 0.0899. The van der Waals surface area contributed by atoms with Crippen LogP contribution < -0.4 is 25.8 Å². The van der Waals surface area contributed by atoms with Crippen LogP contribution in [0.2, 0.25) is 10.0 Å². The smallest absolute Gasteiger partial charge is 0.335 e. The molecule has 3 aromatic rings. The molecule has 1 heterocycles. The zero-order valence-corrected chi connectivity index (χ0v) is 19.0. The van der Waals surface area contributed by atoms with Crippen molar-refractivity contribution in [1.82, 2.24) is 0 Å². The first-order chi connectivity index (χ1) is 15.7. The van der Waals surface area contributed by atoms with Crippen molar-refractivity contribution in [3.63, 3.8) is 0 Å². The van der Waals surface area contributed by atoms with Crippen LogP contribution >= 0.6 is 23.2 Å². The number of carbonyl (C=O) groups excluding carboxylic acids is 1. The number of nitrogens with one attached hydrogen (secondary N) is 2. The number of aromatic carboxylic acids is 1. The fourth-order valence-electron chi connectivity index (χ4n) is 3.98. The van der Waals surface area contributed by atoms with Crippen LogP contribution in [0.15, 0.2) is 48.5 Å². The molecule has 0 saturated carbocycles. The van der Waals surface area contributed by atoms with Gasteiger partial charge in [0, 0.05) is 21.2 Å². The number of carboxylic acid groups (broad SMARTS) is 1. The number of benzene rings is 3. The van der Waals surface area contributed by atoms with E-state index in [4.69, 9.17) is 38.4 Å². The Morgan fingerprint density at radius 1 is 0.879 bits per heavy atom. The largest absolute Gasteiger partial charge is 0.496 e. The number of carboxylic acids is 1. The maximum absolute atomic E-state index is 11.9. The molecule has 170 valence electrons. The molecular formula is C23H19Cl2N3O5. The molecule has 0 saturated heterocycles. The monoisotopic (exact) mass is 487 g/mol. The molecule has 1 unspecified atom stereocenters. The molecule has 1 amide bonds. The van der Waals surface area contributed by atoms with Crippen LogP contribution in [0.5, 0.6) is 11.5 Å². The summed E-state index contributed by atoms with van der Waals surface area (Å²) in [6.07, 6.45) is 0. The average molecular weight is 488 g/mol. The Labute approximate surface area is 199 Å². The van der Waals surface area contributed by atoms with Gasteiger partial charge in [0.05, 0.1) is 36.7 Å². The van der Waals surface area contributed by atoms with E-state index in [2.05, 4.69) is 10.6 Å². The van der Waals surface area contributed by atoms with Gasteiger partial charge in [-0.05, 0) is 42.5 Å². The lowest BCUT2D eigenvalue weighted by atomic mass is 9.88. The topological polar surface area (TPSA) is 123 Å². The van der Waals surface area contributed by atoms with Gasteiger partial charge in [-0.3, -0.25) is 4.79 Å². The lowest BCUT2D eigenvalue weighted by molar-refractivity contribution is 0.0696. The maximum Gasteiger partial charge on any atom is 0.335 e. The van der Waals surface area contributed by atoms with Crippen LogP contribution in [0.1, 0.15) is 31.8 Å².